The first kappa shape index (κ1) is 14.8. The van der Waals surface area contributed by atoms with Crippen molar-refractivity contribution in [3.05, 3.63) is 28.2 Å². The number of benzene rings is 1. The predicted octanol–water partition coefficient (Wildman–Crippen LogP) is 2.64. The third-order valence-electron chi connectivity index (χ3n) is 3.28. The van der Waals surface area contributed by atoms with Crippen LogP contribution in [-0.4, -0.2) is 26.8 Å². The highest BCUT2D eigenvalue weighted by atomic mass is 79.9. The Morgan fingerprint density at radius 3 is 2.84 bits per heavy atom. The highest BCUT2D eigenvalue weighted by Crippen LogP contribution is 2.21. The van der Waals surface area contributed by atoms with Crippen molar-refractivity contribution < 1.29 is 8.42 Å². The topological polar surface area (TPSA) is 58.2 Å². The molecule has 0 saturated carbocycles. The summed E-state index contributed by atoms with van der Waals surface area (Å²) in [7, 11) is -3.30. The zero-order chi connectivity index (χ0) is 13.9. The van der Waals surface area contributed by atoms with Crippen molar-refractivity contribution in [3.8, 4) is 0 Å². The Hall–Kier alpha value is -0.590. The van der Waals surface area contributed by atoms with Crippen LogP contribution in [0.15, 0.2) is 22.7 Å². The van der Waals surface area contributed by atoms with Crippen LogP contribution in [0.25, 0.3) is 0 Å². The normalized spacial score (nSPS) is 20.2. The summed E-state index contributed by atoms with van der Waals surface area (Å²) in [6.07, 6.45) is 3.16. The molecular formula is C13H19BrN2O2S. The van der Waals surface area contributed by atoms with E-state index in [4.69, 9.17) is 0 Å². The van der Waals surface area contributed by atoms with Crippen LogP contribution in [0.1, 0.15) is 24.8 Å². The summed E-state index contributed by atoms with van der Waals surface area (Å²) < 4.78 is 27.7. The second-order valence-electron chi connectivity index (χ2n) is 4.99. The van der Waals surface area contributed by atoms with Crippen molar-refractivity contribution in [2.24, 2.45) is 0 Å². The number of hydrogen-bond acceptors (Lipinski definition) is 3. The molecule has 0 amide bonds. The molecule has 106 valence electrons. The third-order valence-corrected chi connectivity index (χ3v) is 5.52. The minimum absolute atomic E-state index is 0.0696. The molecular weight excluding hydrogens is 328 g/mol. The summed E-state index contributed by atoms with van der Waals surface area (Å²) in [5.74, 6) is 0.137. The average molecular weight is 347 g/mol. The van der Waals surface area contributed by atoms with E-state index in [-0.39, 0.29) is 11.8 Å². The highest BCUT2D eigenvalue weighted by Gasteiger charge is 2.20. The molecule has 0 spiro atoms. The first-order chi connectivity index (χ1) is 8.96. The Labute approximate surface area is 123 Å². The van der Waals surface area contributed by atoms with Crippen LogP contribution in [0.2, 0.25) is 0 Å². The predicted molar refractivity (Wildman–Crippen MR) is 81.9 cm³/mol. The number of rotatable bonds is 4. The maximum atomic E-state index is 12.1. The smallest absolute Gasteiger partial charge is 0.234 e. The fourth-order valence-electron chi connectivity index (χ4n) is 2.21. The van der Waals surface area contributed by atoms with Crippen molar-refractivity contribution in [3.63, 3.8) is 0 Å². The van der Waals surface area contributed by atoms with Gasteiger partial charge < -0.3 is 5.32 Å². The van der Waals surface area contributed by atoms with Gasteiger partial charge in [-0.25, -0.2) is 8.42 Å². The van der Waals surface area contributed by atoms with E-state index in [2.05, 4.69) is 26.0 Å². The van der Waals surface area contributed by atoms with Crippen molar-refractivity contribution in [2.45, 2.75) is 32.2 Å². The summed E-state index contributed by atoms with van der Waals surface area (Å²) in [5.41, 5.74) is 1.69. The van der Waals surface area contributed by atoms with E-state index in [9.17, 15) is 8.42 Å². The maximum absolute atomic E-state index is 12.1. The van der Waals surface area contributed by atoms with E-state index in [0.29, 0.717) is 5.69 Å². The van der Waals surface area contributed by atoms with Crippen LogP contribution in [0.4, 0.5) is 5.69 Å². The lowest BCUT2D eigenvalue weighted by Crippen LogP contribution is -2.40. The van der Waals surface area contributed by atoms with Gasteiger partial charge in [0.15, 0.2) is 0 Å². The fourth-order valence-corrected chi connectivity index (χ4v) is 3.97. The summed E-state index contributed by atoms with van der Waals surface area (Å²) >= 11 is 3.40. The molecule has 1 aliphatic rings. The molecule has 1 aliphatic heterocycles. The van der Waals surface area contributed by atoms with Gasteiger partial charge in [-0.3, -0.25) is 4.72 Å². The number of piperidine rings is 1. The van der Waals surface area contributed by atoms with Crippen molar-refractivity contribution in [1.82, 2.24) is 5.32 Å². The molecule has 1 unspecified atom stereocenters. The van der Waals surface area contributed by atoms with Crippen LogP contribution in [0.5, 0.6) is 0 Å². The molecule has 6 heteroatoms. The summed E-state index contributed by atoms with van der Waals surface area (Å²) in [4.78, 5) is 0. The van der Waals surface area contributed by atoms with Crippen LogP contribution >= 0.6 is 15.9 Å². The molecule has 1 fully saturated rings. The van der Waals surface area contributed by atoms with Crippen molar-refractivity contribution in [2.75, 3.05) is 17.0 Å². The quantitative estimate of drug-likeness (QED) is 0.880. The van der Waals surface area contributed by atoms with Gasteiger partial charge in [-0.05, 0) is 44.0 Å². The highest BCUT2D eigenvalue weighted by molar-refractivity contribution is 9.10. The molecule has 0 aliphatic carbocycles. The molecule has 2 rings (SSSR count). The first-order valence-electron chi connectivity index (χ1n) is 6.46. The van der Waals surface area contributed by atoms with E-state index < -0.39 is 10.0 Å². The molecule has 0 aromatic heterocycles. The molecule has 1 saturated heterocycles. The SMILES string of the molecule is Cc1ccc(NS(=O)(=O)CC2CCCCN2)cc1Br. The van der Waals surface area contributed by atoms with Crippen LogP contribution in [0.3, 0.4) is 0 Å². The van der Waals surface area contributed by atoms with E-state index in [0.717, 1.165) is 35.8 Å². The number of halogens is 1. The third kappa shape index (κ3) is 4.47. The molecule has 19 heavy (non-hydrogen) atoms. The second-order valence-corrected chi connectivity index (χ2v) is 7.62. The second kappa shape index (κ2) is 6.24. The molecule has 1 aromatic rings. The molecule has 1 aromatic carbocycles. The average Bonchev–Trinajstić information content (AvgIpc) is 2.34. The van der Waals surface area contributed by atoms with E-state index >= 15 is 0 Å². The Morgan fingerprint density at radius 1 is 1.42 bits per heavy atom. The van der Waals surface area contributed by atoms with Gasteiger partial charge in [-0.2, -0.15) is 0 Å². The largest absolute Gasteiger partial charge is 0.313 e. The molecule has 2 N–H and O–H groups in total. The van der Waals surface area contributed by atoms with Crippen LogP contribution < -0.4 is 10.0 Å². The van der Waals surface area contributed by atoms with Crippen LogP contribution in [0, 0.1) is 6.92 Å². The van der Waals surface area contributed by atoms with E-state index in [1.807, 2.05) is 13.0 Å². The monoisotopic (exact) mass is 346 g/mol. The maximum Gasteiger partial charge on any atom is 0.234 e. The lowest BCUT2D eigenvalue weighted by molar-refractivity contribution is 0.424. The van der Waals surface area contributed by atoms with Gasteiger partial charge >= 0.3 is 0 Å². The molecule has 1 atom stereocenters. The number of hydrogen-bond donors (Lipinski definition) is 2. The van der Waals surface area contributed by atoms with Crippen molar-refractivity contribution in [1.29, 1.82) is 0 Å². The van der Waals surface area contributed by atoms with Gasteiger partial charge in [0.25, 0.3) is 0 Å². The zero-order valence-corrected chi connectivity index (χ0v) is 13.4. The number of anilines is 1. The number of sulfonamides is 1. The lowest BCUT2D eigenvalue weighted by atomic mass is 10.1. The van der Waals surface area contributed by atoms with Gasteiger partial charge in [-0.1, -0.05) is 28.4 Å². The number of aryl methyl sites for hydroxylation is 1. The minimum Gasteiger partial charge on any atom is -0.313 e. The van der Waals surface area contributed by atoms with Gasteiger partial charge in [0.05, 0.1) is 5.75 Å². The fraction of sp³-hybridized carbons (Fsp3) is 0.538. The van der Waals surface area contributed by atoms with Gasteiger partial charge in [-0.15, -0.1) is 0 Å². The Kier molecular flexibility index (Phi) is 4.86. The summed E-state index contributed by atoms with van der Waals surface area (Å²) in [5, 5.41) is 3.25. The van der Waals surface area contributed by atoms with E-state index in [1.54, 1.807) is 12.1 Å². The summed E-state index contributed by atoms with van der Waals surface area (Å²) in [6, 6.07) is 5.54. The Bertz CT molecular complexity index is 540. The Balaban J connectivity index is 2.01. The molecule has 0 radical (unpaired) electrons. The zero-order valence-electron chi connectivity index (χ0n) is 10.9. The van der Waals surface area contributed by atoms with E-state index in [1.165, 1.54) is 0 Å². The van der Waals surface area contributed by atoms with Gasteiger partial charge in [0, 0.05) is 16.2 Å². The van der Waals surface area contributed by atoms with Crippen LogP contribution in [-0.2, 0) is 10.0 Å². The number of nitrogens with one attached hydrogen (secondary N) is 2. The lowest BCUT2D eigenvalue weighted by Gasteiger charge is -2.23. The standard InChI is InChI=1S/C13H19BrN2O2S/c1-10-5-6-11(8-13(10)14)16-19(17,18)9-12-4-2-3-7-15-12/h5-6,8,12,15-16H,2-4,7,9H2,1H3. The first-order valence-corrected chi connectivity index (χ1v) is 8.91. The minimum atomic E-state index is -3.30. The molecule has 0 bridgehead atoms. The Morgan fingerprint density at radius 2 is 2.21 bits per heavy atom. The molecule has 1 heterocycles. The van der Waals surface area contributed by atoms with Gasteiger partial charge in [0.1, 0.15) is 0 Å². The van der Waals surface area contributed by atoms with Gasteiger partial charge in [0.2, 0.25) is 10.0 Å². The van der Waals surface area contributed by atoms with Crippen molar-refractivity contribution >= 4 is 31.6 Å². The summed E-state index contributed by atoms with van der Waals surface area (Å²) in [6.45, 7) is 2.88. The molecule has 4 nitrogen and oxygen atoms in total.